The standard InChI is InChI=1S/C14H7Br3I2N2O2S/c15-8-3-6(4-9(16)12(8)22)20-14(24)21-13(23)7-1-5(18)2-10(19)11(7)17/h1-4,22H,(H2,20,21,23,24). The molecule has 0 radical (unpaired) electrons. The lowest BCUT2D eigenvalue weighted by molar-refractivity contribution is 0.0977. The van der Waals surface area contributed by atoms with Crippen molar-refractivity contribution in [2.45, 2.75) is 0 Å². The quantitative estimate of drug-likeness (QED) is 0.152. The molecule has 0 spiro atoms. The summed E-state index contributed by atoms with van der Waals surface area (Å²) in [5.41, 5.74) is 1.12. The largest absolute Gasteiger partial charge is 0.506 e. The molecule has 0 aromatic heterocycles. The number of carbonyl (C=O) groups is 1. The lowest BCUT2D eigenvalue weighted by atomic mass is 10.2. The lowest BCUT2D eigenvalue weighted by Gasteiger charge is -2.12. The third-order valence-electron chi connectivity index (χ3n) is 2.74. The highest BCUT2D eigenvalue weighted by Crippen LogP contribution is 2.35. The number of anilines is 1. The van der Waals surface area contributed by atoms with Crippen molar-refractivity contribution in [1.82, 2.24) is 5.32 Å². The van der Waals surface area contributed by atoms with Gasteiger partial charge < -0.3 is 10.4 Å². The van der Waals surface area contributed by atoms with Crippen LogP contribution in [0, 0.1) is 7.14 Å². The molecule has 2 aromatic carbocycles. The van der Waals surface area contributed by atoms with Crippen molar-refractivity contribution in [3.63, 3.8) is 0 Å². The number of amides is 1. The predicted molar refractivity (Wildman–Crippen MR) is 127 cm³/mol. The minimum atomic E-state index is -0.312. The van der Waals surface area contributed by atoms with Gasteiger partial charge in [0.2, 0.25) is 0 Å². The number of halogens is 5. The molecule has 0 aliphatic heterocycles. The van der Waals surface area contributed by atoms with Crippen LogP contribution in [0.1, 0.15) is 10.4 Å². The van der Waals surface area contributed by atoms with Crippen LogP contribution in [-0.2, 0) is 0 Å². The normalized spacial score (nSPS) is 10.4. The van der Waals surface area contributed by atoms with Gasteiger partial charge in [-0.2, -0.15) is 0 Å². The van der Waals surface area contributed by atoms with E-state index in [0.29, 0.717) is 20.2 Å². The van der Waals surface area contributed by atoms with Gasteiger partial charge in [-0.05, 0) is 129 Å². The molecule has 0 unspecified atom stereocenters. The van der Waals surface area contributed by atoms with Gasteiger partial charge in [0.25, 0.3) is 5.91 Å². The number of phenolic OH excluding ortho intramolecular Hbond substituents is 1. The van der Waals surface area contributed by atoms with Crippen molar-refractivity contribution in [3.05, 3.63) is 50.4 Å². The zero-order valence-corrected chi connectivity index (χ0v) is 21.4. The summed E-state index contributed by atoms with van der Waals surface area (Å²) in [6, 6.07) is 7.05. The second-order valence-electron chi connectivity index (χ2n) is 4.45. The number of benzene rings is 2. The molecule has 0 atom stereocenters. The molecule has 0 aliphatic rings. The fourth-order valence-corrected chi connectivity index (χ4v) is 5.34. The van der Waals surface area contributed by atoms with E-state index >= 15 is 0 Å². The molecular formula is C14H7Br3I2N2O2S. The number of aromatic hydroxyl groups is 1. The maximum absolute atomic E-state index is 12.4. The summed E-state index contributed by atoms with van der Waals surface area (Å²) in [5.74, 6) is -0.222. The highest BCUT2D eigenvalue weighted by atomic mass is 127. The smallest absolute Gasteiger partial charge is 0.258 e. The predicted octanol–water partition coefficient (Wildman–Crippen LogP) is 6.02. The van der Waals surface area contributed by atoms with Crippen LogP contribution in [0.4, 0.5) is 5.69 Å². The number of rotatable bonds is 2. The third-order valence-corrected chi connectivity index (χ3v) is 7.22. The summed E-state index contributed by atoms with van der Waals surface area (Å²) < 4.78 is 3.62. The minimum Gasteiger partial charge on any atom is -0.506 e. The zero-order valence-electron chi connectivity index (χ0n) is 11.5. The van der Waals surface area contributed by atoms with Crippen LogP contribution in [0.15, 0.2) is 37.7 Å². The van der Waals surface area contributed by atoms with Crippen molar-refractivity contribution in [2.75, 3.05) is 5.32 Å². The van der Waals surface area contributed by atoms with Crippen molar-refractivity contribution in [3.8, 4) is 5.75 Å². The maximum atomic E-state index is 12.4. The van der Waals surface area contributed by atoms with Crippen LogP contribution >= 0.6 is 105 Å². The molecule has 126 valence electrons. The van der Waals surface area contributed by atoms with Gasteiger partial charge in [0.1, 0.15) is 5.75 Å². The van der Waals surface area contributed by atoms with Crippen molar-refractivity contribution in [1.29, 1.82) is 0 Å². The first-order valence-corrected chi connectivity index (χ1v) is 11.1. The Hall–Kier alpha value is 0.500. The van der Waals surface area contributed by atoms with Gasteiger partial charge >= 0.3 is 0 Å². The monoisotopic (exact) mass is 758 g/mol. The van der Waals surface area contributed by atoms with E-state index in [0.717, 1.165) is 11.6 Å². The first-order chi connectivity index (χ1) is 11.2. The molecule has 3 N–H and O–H groups in total. The Balaban J connectivity index is 2.14. The number of hydrogen-bond acceptors (Lipinski definition) is 3. The second kappa shape index (κ2) is 8.93. The fraction of sp³-hybridized carbons (Fsp3) is 0. The molecule has 4 nitrogen and oxygen atoms in total. The molecule has 0 heterocycles. The van der Waals surface area contributed by atoms with Gasteiger partial charge in [0, 0.05) is 17.3 Å². The Morgan fingerprint density at radius 2 is 1.67 bits per heavy atom. The molecule has 24 heavy (non-hydrogen) atoms. The molecule has 10 heteroatoms. The lowest BCUT2D eigenvalue weighted by Crippen LogP contribution is -2.34. The molecular weight excluding hydrogens is 754 g/mol. The molecule has 0 saturated carbocycles. The summed E-state index contributed by atoms with van der Waals surface area (Å²) in [6.45, 7) is 0. The number of hydrogen-bond donors (Lipinski definition) is 3. The maximum Gasteiger partial charge on any atom is 0.258 e. The summed E-state index contributed by atoms with van der Waals surface area (Å²) in [4.78, 5) is 12.4. The zero-order chi connectivity index (χ0) is 18.0. The first kappa shape index (κ1) is 20.8. The van der Waals surface area contributed by atoms with Crippen LogP contribution in [0.2, 0.25) is 0 Å². The van der Waals surface area contributed by atoms with Gasteiger partial charge in [0.15, 0.2) is 5.11 Å². The van der Waals surface area contributed by atoms with Gasteiger partial charge in [-0.1, -0.05) is 0 Å². The van der Waals surface area contributed by atoms with Crippen LogP contribution in [0.5, 0.6) is 5.75 Å². The average Bonchev–Trinajstić information content (AvgIpc) is 2.48. The van der Waals surface area contributed by atoms with Crippen LogP contribution in [0.3, 0.4) is 0 Å². The van der Waals surface area contributed by atoms with E-state index in [-0.39, 0.29) is 16.8 Å². The van der Waals surface area contributed by atoms with Crippen LogP contribution < -0.4 is 10.6 Å². The summed E-state index contributed by atoms with van der Waals surface area (Å²) >= 11 is 19.4. The Morgan fingerprint density at radius 3 is 2.25 bits per heavy atom. The first-order valence-electron chi connectivity index (χ1n) is 6.14. The second-order valence-corrected chi connectivity index (χ2v) is 9.76. The SMILES string of the molecule is O=C(NC(=S)Nc1cc(Br)c(O)c(Br)c1)c1cc(I)cc(I)c1Br. The van der Waals surface area contributed by atoms with Crippen LogP contribution in [0.25, 0.3) is 0 Å². The van der Waals surface area contributed by atoms with E-state index in [9.17, 15) is 9.90 Å². The summed E-state index contributed by atoms with van der Waals surface area (Å²) in [5, 5.41) is 15.4. The molecule has 1 amide bonds. The molecule has 0 bridgehead atoms. The Kier molecular flexibility index (Phi) is 7.74. The van der Waals surface area contributed by atoms with Crippen molar-refractivity contribution in [2.24, 2.45) is 0 Å². The molecule has 0 saturated heterocycles. The minimum absolute atomic E-state index is 0.0906. The average molecular weight is 761 g/mol. The van der Waals surface area contributed by atoms with E-state index in [2.05, 4.69) is 104 Å². The van der Waals surface area contributed by atoms with Gasteiger partial charge in [-0.3, -0.25) is 10.1 Å². The van der Waals surface area contributed by atoms with Crippen molar-refractivity contribution >= 4 is 122 Å². The topological polar surface area (TPSA) is 61.4 Å². The molecule has 2 rings (SSSR count). The number of nitrogens with one attached hydrogen (secondary N) is 2. The van der Waals surface area contributed by atoms with Crippen LogP contribution in [-0.4, -0.2) is 16.1 Å². The van der Waals surface area contributed by atoms with E-state index in [1.165, 1.54) is 0 Å². The third kappa shape index (κ3) is 5.25. The highest BCUT2D eigenvalue weighted by Gasteiger charge is 2.15. The molecule has 0 aliphatic carbocycles. The Morgan fingerprint density at radius 1 is 1.08 bits per heavy atom. The van der Waals surface area contributed by atoms with Crippen molar-refractivity contribution < 1.29 is 9.90 Å². The number of thiocarbonyl (C=S) groups is 1. The summed E-state index contributed by atoms with van der Waals surface area (Å²) in [7, 11) is 0. The summed E-state index contributed by atoms with van der Waals surface area (Å²) in [6.07, 6.45) is 0. The van der Waals surface area contributed by atoms with Gasteiger partial charge in [-0.25, -0.2) is 0 Å². The van der Waals surface area contributed by atoms with E-state index < -0.39 is 0 Å². The van der Waals surface area contributed by atoms with Gasteiger partial charge in [0.05, 0.1) is 14.5 Å². The highest BCUT2D eigenvalue weighted by molar-refractivity contribution is 14.1. The Labute approximate surface area is 196 Å². The molecule has 2 aromatic rings. The van der Waals surface area contributed by atoms with E-state index in [1.54, 1.807) is 18.2 Å². The molecule has 0 fully saturated rings. The van der Waals surface area contributed by atoms with Gasteiger partial charge in [-0.15, -0.1) is 0 Å². The fourth-order valence-electron chi connectivity index (χ4n) is 1.69. The van der Waals surface area contributed by atoms with E-state index in [1.807, 2.05) is 6.07 Å². The van der Waals surface area contributed by atoms with E-state index in [4.69, 9.17) is 12.2 Å². The Bertz CT molecular complexity index is 826. The number of carbonyl (C=O) groups excluding carboxylic acids is 1. The number of phenols is 1.